The fourth-order valence-electron chi connectivity index (χ4n) is 3.37. The molecule has 5 atom stereocenters. The molecule has 3 saturated heterocycles. The van der Waals surface area contributed by atoms with E-state index in [2.05, 4.69) is 13.0 Å². The van der Waals surface area contributed by atoms with Gasteiger partial charge in [0.2, 0.25) is 0 Å². The number of aliphatic carboxylic acids is 1. The molecule has 5 nitrogen and oxygen atoms in total. The van der Waals surface area contributed by atoms with E-state index < -0.39 is 12.1 Å². The minimum atomic E-state index is -0.995. The van der Waals surface area contributed by atoms with E-state index in [1.54, 1.807) is 0 Å². The van der Waals surface area contributed by atoms with Crippen molar-refractivity contribution in [2.45, 2.75) is 89.3 Å². The van der Waals surface area contributed by atoms with Crippen LogP contribution in [0.2, 0.25) is 0 Å². The van der Waals surface area contributed by atoms with E-state index in [1.807, 2.05) is 18.2 Å². The van der Waals surface area contributed by atoms with Gasteiger partial charge in [-0.1, -0.05) is 50.5 Å². The summed E-state index contributed by atoms with van der Waals surface area (Å²) in [4.78, 5) is 10.4. The Morgan fingerprint density at radius 1 is 1.27 bits per heavy atom. The number of hydrogen-bond donors (Lipinski definition) is 1. The van der Waals surface area contributed by atoms with Crippen molar-refractivity contribution >= 4 is 5.97 Å². The first-order valence-electron chi connectivity index (χ1n) is 9.62. The van der Waals surface area contributed by atoms with Crippen molar-refractivity contribution < 1.29 is 75.9 Å². The molecule has 0 spiro atoms. The zero-order valence-corrected chi connectivity index (χ0v) is 19.3. The van der Waals surface area contributed by atoms with E-state index in [1.165, 1.54) is 0 Å². The van der Waals surface area contributed by atoms with Crippen LogP contribution in [-0.2, 0) is 14.3 Å². The topological polar surface area (TPSA) is 78.8 Å². The molecule has 2 bridgehead atoms. The summed E-state index contributed by atoms with van der Waals surface area (Å²) in [6, 6.07) is 0. The molecule has 3 aliphatic heterocycles. The number of carbonyl (C=O) groups is 1. The quantitative estimate of drug-likeness (QED) is 0.276. The third-order valence-electron chi connectivity index (χ3n) is 4.91. The van der Waals surface area contributed by atoms with Gasteiger partial charge in [-0.15, -0.1) is 0 Å². The summed E-state index contributed by atoms with van der Waals surface area (Å²) in [6.45, 7) is 2.15. The Morgan fingerprint density at radius 3 is 2.73 bits per heavy atom. The molecule has 0 aromatic rings. The summed E-state index contributed by atoms with van der Waals surface area (Å²) in [6.07, 6.45) is 15.0. The predicted octanol–water partition coefficient (Wildman–Crippen LogP) is -0.516. The van der Waals surface area contributed by atoms with Crippen LogP contribution in [-0.4, -0.2) is 35.7 Å². The molecule has 0 aromatic carbocycles. The number of carboxylic acids is 1. The Kier molecular flexibility index (Phi) is 12.8. The van der Waals surface area contributed by atoms with Gasteiger partial charge in [0.1, 0.15) is 0 Å². The number of aliphatic hydroxyl groups is 1. The molecule has 26 heavy (non-hydrogen) atoms. The van der Waals surface area contributed by atoms with Gasteiger partial charge in [-0.2, -0.15) is 0 Å². The van der Waals surface area contributed by atoms with Crippen LogP contribution in [0.4, 0.5) is 0 Å². The number of fused-ring (bicyclic) bond motifs is 2. The molecule has 142 valence electrons. The second-order valence-electron chi connectivity index (χ2n) is 7.02. The zero-order valence-electron chi connectivity index (χ0n) is 16.1. The van der Waals surface area contributed by atoms with Gasteiger partial charge in [-0.25, -0.2) is 0 Å². The summed E-state index contributed by atoms with van der Waals surface area (Å²) in [5, 5.41) is 20.4. The first-order chi connectivity index (χ1) is 12.1. The van der Waals surface area contributed by atoms with Crippen molar-refractivity contribution in [3.05, 3.63) is 24.3 Å². The first kappa shape index (κ1) is 24.5. The SMILES string of the molecule is CCCCCC(O)C=CC1OC2CC(O2)C1CC=CCCCC(=O)[O-].[K+]. The van der Waals surface area contributed by atoms with Crippen LogP contribution >= 0.6 is 0 Å². The number of rotatable bonds is 12. The van der Waals surface area contributed by atoms with E-state index in [0.29, 0.717) is 6.42 Å². The predicted molar refractivity (Wildman–Crippen MR) is 93.5 cm³/mol. The molecule has 0 radical (unpaired) electrons. The summed E-state index contributed by atoms with van der Waals surface area (Å²) in [7, 11) is 0. The molecule has 0 aliphatic carbocycles. The number of carbonyl (C=O) groups excluding carboxylic acids is 1. The molecule has 3 rings (SSSR count). The van der Waals surface area contributed by atoms with Crippen LogP contribution < -0.4 is 56.5 Å². The van der Waals surface area contributed by atoms with Gasteiger partial charge >= 0.3 is 51.4 Å². The van der Waals surface area contributed by atoms with Crippen LogP contribution in [0.25, 0.3) is 0 Å². The third kappa shape index (κ3) is 8.65. The maximum atomic E-state index is 10.4. The number of unbranched alkanes of at least 4 members (excludes halogenated alkanes) is 3. The first-order valence-corrected chi connectivity index (χ1v) is 9.62. The molecule has 0 amide bonds. The van der Waals surface area contributed by atoms with Crippen molar-refractivity contribution in [2.24, 2.45) is 5.92 Å². The van der Waals surface area contributed by atoms with Gasteiger partial charge in [-0.05, 0) is 32.1 Å². The molecule has 6 heteroatoms. The molecule has 5 unspecified atom stereocenters. The van der Waals surface area contributed by atoms with Crippen molar-refractivity contribution in [2.75, 3.05) is 0 Å². The second kappa shape index (κ2) is 13.6. The standard InChI is InChI=1S/C20H32O5.K/c1-2-3-6-9-15(21)12-13-17-16(18-14-20(24-17)25-18)10-7-4-5-8-11-19(22)23;/h4,7,12-13,15-18,20-21H,2-3,5-6,8-11,14H2,1H3,(H,22,23);/q;+1/p-1. The Labute approximate surface area is 199 Å². The smallest absolute Gasteiger partial charge is 0.550 e. The van der Waals surface area contributed by atoms with E-state index >= 15 is 0 Å². The van der Waals surface area contributed by atoms with Crippen molar-refractivity contribution in [1.29, 1.82) is 0 Å². The number of allylic oxidation sites excluding steroid dienone is 2. The monoisotopic (exact) mass is 390 g/mol. The largest absolute Gasteiger partial charge is 1.00 e. The maximum absolute atomic E-state index is 10.4. The molecule has 0 aromatic heterocycles. The minimum absolute atomic E-state index is 0. The van der Waals surface area contributed by atoms with Crippen molar-refractivity contribution in [3.63, 3.8) is 0 Å². The van der Waals surface area contributed by atoms with Gasteiger partial charge in [-0.3, -0.25) is 0 Å². The van der Waals surface area contributed by atoms with Crippen LogP contribution in [0.3, 0.4) is 0 Å². The summed E-state index contributed by atoms with van der Waals surface area (Å²) in [5.74, 6) is -0.743. The second-order valence-corrected chi connectivity index (χ2v) is 7.02. The van der Waals surface area contributed by atoms with Crippen LogP contribution in [0.5, 0.6) is 0 Å². The van der Waals surface area contributed by atoms with Crippen molar-refractivity contribution in [1.82, 2.24) is 0 Å². The summed E-state index contributed by atoms with van der Waals surface area (Å²) >= 11 is 0. The number of aliphatic hydroxyl groups excluding tert-OH is 1. The molecule has 0 saturated carbocycles. The maximum Gasteiger partial charge on any atom is 1.00 e. The van der Waals surface area contributed by atoms with Gasteiger partial charge in [0, 0.05) is 18.3 Å². The average molecular weight is 391 g/mol. The van der Waals surface area contributed by atoms with E-state index in [4.69, 9.17) is 9.47 Å². The van der Waals surface area contributed by atoms with E-state index in [-0.39, 0.29) is 82.2 Å². The fourth-order valence-corrected chi connectivity index (χ4v) is 3.37. The van der Waals surface area contributed by atoms with Crippen LogP contribution in [0, 0.1) is 5.92 Å². The van der Waals surface area contributed by atoms with Gasteiger partial charge in [0.25, 0.3) is 0 Å². The number of ether oxygens (including phenoxy) is 2. The average Bonchev–Trinajstić information content (AvgIpc) is 2.55. The normalized spacial score (nSPS) is 28.7. The fraction of sp³-hybridized carbons (Fsp3) is 0.750. The number of hydrogen-bond acceptors (Lipinski definition) is 5. The third-order valence-corrected chi connectivity index (χ3v) is 4.91. The summed E-state index contributed by atoms with van der Waals surface area (Å²) < 4.78 is 11.6. The van der Waals surface area contributed by atoms with E-state index in [9.17, 15) is 15.0 Å². The minimum Gasteiger partial charge on any atom is -0.550 e. The Bertz CT molecular complexity index is 459. The zero-order chi connectivity index (χ0) is 18.1. The Hall–Kier alpha value is 0.466. The van der Waals surface area contributed by atoms with Gasteiger partial charge < -0.3 is 24.5 Å². The molecule has 3 fully saturated rings. The molecular formula is C20H31KO5. The molecular weight excluding hydrogens is 359 g/mol. The Morgan fingerprint density at radius 2 is 2.04 bits per heavy atom. The van der Waals surface area contributed by atoms with Crippen molar-refractivity contribution in [3.8, 4) is 0 Å². The van der Waals surface area contributed by atoms with Crippen LogP contribution in [0.1, 0.15) is 64.7 Å². The van der Waals surface area contributed by atoms with Crippen LogP contribution in [0.15, 0.2) is 24.3 Å². The molecule has 3 heterocycles. The molecule has 3 aliphatic rings. The van der Waals surface area contributed by atoms with Gasteiger partial charge in [0.15, 0.2) is 6.29 Å². The molecule has 1 N–H and O–H groups in total. The van der Waals surface area contributed by atoms with E-state index in [0.717, 1.165) is 44.9 Å². The summed E-state index contributed by atoms with van der Waals surface area (Å²) in [5.41, 5.74) is 0. The number of carboxylic acid groups (broad SMARTS) is 1. The van der Waals surface area contributed by atoms with Gasteiger partial charge in [0.05, 0.1) is 18.3 Å². The Balaban J connectivity index is 0.00000338.